The van der Waals surface area contributed by atoms with Gasteiger partial charge in [0, 0.05) is 19.4 Å². The highest BCUT2D eigenvalue weighted by Gasteiger charge is 2.61. The zero-order valence-corrected chi connectivity index (χ0v) is 14.5. The van der Waals surface area contributed by atoms with Crippen LogP contribution in [0.5, 0.6) is 0 Å². The Morgan fingerprint density at radius 2 is 2.00 bits per heavy atom. The number of rotatable bonds is 7. The van der Waals surface area contributed by atoms with Crippen molar-refractivity contribution in [3.05, 3.63) is 35.9 Å². The molecule has 2 aliphatic rings. The molecule has 6 heteroatoms. The highest BCUT2D eigenvalue weighted by atomic mass is 19.3. The number of benzene rings is 1. The number of alkyl halides is 2. The van der Waals surface area contributed by atoms with Gasteiger partial charge in [0.2, 0.25) is 5.92 Å². The quantitative estimate of drug-likeness (QED) is 0.702. The SMILES string of the molecule is CCCOC(=O)[C@@H]1CC2(CN1COCc1ccccc1)CC(F)(F)C2. The van der Waals surface area contributed by atoms with Gasteiger partial charge in [0.25, 0.3) is 0 Å². The van der Waals surface area contributed by atoms with Crippen molar-refractivity contribution in [1.82, 2.24) is 4.90 Å². The van der Waals surface area contributed by atoms with E-state index in [2.05, 4.69) is 0 Å². The fraction of sp³-hybridized carbons (Fsp3) is 0.632. The number of likely N-dealkylation sites (tertiary alicyclic amines) is 1. The summed E-state index contributed by atoms with van der Waals surface area (Å²) < 4.78 is 37.8. The van der Waals surface area contributed by atoms with Gasteiger partial charge in [-0.1, -0.05) is 37.3 Å². The van der Waals surface area contributed by atoms with Crippen LogP contribution in [0, 0.1) is 5.41 Å². The topological polar surface area (TPSA) is 38.8 Å². The van der Waals surface area contributed by atoms with Crippen molar-refractivity contribution in [3.63, 3.8) is 0 Å². The molecule has 25 heavy (non-hydrogen) atoms. The Hall–Kier alpha value is -1.53. The van der Waals surface area contributed by atoms with Crippen molar-refractivity contribution >= 4 is 5.97 Å². The van der Waals surface area contributed by atoms with Crippen molar-refractivity contribution < 1.29 is 23.0 Å². The molecule has 0 aromatic heterocycles. The molecular formula is C19H25F2NO3. The predicted molar refractivity (Wildman–Crippen MR) is 89.1 cm³/mol. The first-order valence-electron chi connectivity index (χ1n) is 8.83. The van der Waals surface area contributed by atoms with Gasteiger partial charge in [-0.25, -0.2) is 8.78 Å². The molecule has 0 bridgehead atoms. The number of nitrogens with zero attached hydrogens (tertiary/aromatic N) is 1. The van der Waals surface area contributed by atoms with Crippen LogP contribution in [0.1, 0.15) is 38.2 Å². The zero-order chi connectivity index (χ0) is 17.9. The monoisotopic (exact) mass is 353 g/mol. The van der Waals surface area contributed by atoms with Gasteiger partial charge < -0.3 is 9.47 Å². The number of ether oxygens (including phenoxy) is 2. The highest BCUT2D eigenvalue weighted by molar-refractivity contribution is 5.76. The molecule has 1 aliphatic heterocycles. The van der Waals surface area contributed by atoms with Gasteiger partial charge in [-0.2, -0.15) is 0 Å². The summed E-state index contributed by atoms with van der Waals surface area (Å²) in [5.74, 6) is -2.92. The third kappa shape index (κ3) is 4.36. The molecule has 1 aromatic carbocycles. The van der Waals surface area contributed by atoms with Crippen LogP contribution < -0.4 is 0 Å². The lowest BCUT2D eigenvalue weighted by Gasteiger charge is -2.44. The Labute approximate surface area is 147 Å². The first kappa shape index (κ1) is 18.3. The fourth-order valence-electron chi connectivity index (χ4n) is 3.97. The van der Waals surface area contributed by atoms with E-state index in [9.17, 15) is 13.6 Å². The summed E-state index contributed by atoms with van der Waals surface area (Å²) in [6.07, 6.45) is 0.880. The maximum absolute atomic E-state index is 13.4. The molecule has 1 atom stereocenters. The lowest BCUT2D eigenvalue weighted by atomic mass is 9.65. The average Bonchev–Trinajstić information content (AvgIpc) is 2.91. The largest absolute Gasteiger partial charge is 0.465 e. The summed E-state index contributed by atoms with van der Waals surface area (Å²) in [6, 6.07) is 9.24. The molecule has 4 nitrogen and oxygen atoms in total. The van der Waals surface area contributed by atoms with Crippen LogP contribution in [0.2, 0.25) is 0 Å². The highest BCUT2D eigenvalue weighted by Crippen LogP contribution is 2.58. The maximum atomic E-state index is 13.4. The molecule has 0 radical (unpaired) electrons. The second-order valence-electron chi connectivity index (χ2n) is 7.31. The Kier molecular flexibility index (Phi) is 5.39. The standard InChI is InChI=1S/C19H25F2NO3/c1-2-8-25-17(23)16-9-18(11-19(20,21)12-18)13-22(16)14-24-10-15-6-4-3-5-7-15/h3-7,16H,2,8-14H2,1H3/t16-/m0/s1. The normalized spacial score (nSPS) is 24.2. The molecular weight excluding hydrogens is 328 g/mol. The van der Waals surface area contributed by atoms with Crippen molar-refractivity contribution in [2.75, 3.05) is 19.9 Å². The molecule has 0 unspecified atom stereocenters. The number of esters is 1. The van der Waals surface area contributed by atoms with Crippen molar-refractivity contribution in [2.45, 2.75) is 51.2 Å². The zero-order valence-electron chi connectivity index (χ0n) is 14.5. The minimum Gasteiger partial charge on any atom is -0.465 e. The van der Waals surface area contributed by atoms with Gasteiger partial charge in [0.1, 0.15) is 12.8 Å². The fourth-order valence-corrected chi connectivity index (χ4v) is 3.97. The van der Waals surface area contributed by atoms with Gasteiger partial charge in [0.05, 0.1) is 13.2 Å². The molecule has 1 aliphatic carbocycles. The molecule has 1 heterocycles. The van der Waals surface area contributed by atoms with E-state index in [0.717, 1.165) is 12.0 Å². The van der Waals surface area contributed by atoms with Crippen LogP contribution in [0.15, 0.2) is 30.3 Å². The molecule has 3 rings (SSSR count). The van der Waals surface area contributed by atoms with Gasteiger partial charge in [-0.15, -0.1) is 0 Å². The Morgan fingerprint density at radius 1 is 1.28 bits per heavy atom. The second-order valence-corrected chi connectivity index (χ2v) is 7.31. The molecule has 1 spiro atoms. The van der Waals surface area contributed by atoms with Crippen molar-refractivity contribution in [1.29, 1.82) is 0 Å². The van der Waals surface area contributed by atoms with E-state index in [4.69, 9.17) is 9.47 Å². The Bertz CT molecular complexity index is 586. The van der Waals surface area contributed by atoms with Gasteiger partial charge in [-0.3, -0.25) is 9.69 Å². The van der Waals surface area contributed by atoms with Crippen LogP contribution in [0.4, 0.5) is 8.78 Å². The van der Waals surface area contributed by atoms with Crippen LogP contribution in [0.25, 0.3) is 0 Å². The Balaban J connectivity index is 1.58. The van der Waals surface area contributed by atoms with E-state index < -0.39 is 17.4 Å². The number of carbonyl (C=O) groups excluding carboxylic acids is 1. The first-order valence-corrected chi connectivity index (χ1v) is 8.83. The molecule has 0 amide bonds. The van der Waals surface area contributed by atoms with Gasteiger partial charge in [0.15, 0.2) is 0 Å². The molecule has 1 saturated carbocycles. The van der Waals surface area contributed by atoms with Crippen molar-refractivity contribution in [3.8, 4) is 0 Å². The minimum absolute atomic E-state index is 0.146. The molecule has 0 N–H and O–H groups in total. The summed E-state index contributed by atoms with van der Waals surface area (Å²) >= 11 is 0. The number of hydrogen-bond donors (Lipinski definition) is 0. The molecule has 2 fully saturated rings. The van der Waals surface area contributed by atoms with Crippen LogP contribution >= 0.6 is 0 Å². The number of hydrogen-bond acceptors (Lipinski definition) is 4. The first-order chi connectivity index (χ1) is 11.9. The number of carbonyl (C=O) groups is 1. The van der Waals surface area contributed by atoms with Gasteiger partial charge in [-0.05, 0) is 23.8 Å². The molecule has 1 aromatic rings. The lowest BCUT2D eigenvalue weighted by molar-refractivity contribution is -0.158. The third-order valence-electron chi connectivity index (χ3n) is 4.96. The minimum atomic E-state index is -2.60. The van der Waals surface area contributed by atoms with E-state index in [0.29, 0.717) is 26.2 Å². The van der Waals surface area contributed by atoms with Crippen LogP contribution in [-0.4, -0.2) is 42.7 Å². The van der Waals surface area contributed by atoms with E-state index in [-0.39, 0.29) is 25.5 Å². The molecule has 1 saturated heterocycles. The summed E-state index contributed by atoms with van der Waals surface area (Å²) in [7, 11) is 0. The summed E-state index contributed by atoms with van der Waals surface area (Å²) in [6.45, 7) is 3.42. The predicted octanol–water partition coefficient (Wildman–Crippen LogP) is 3.60. The van der Waals surface area contributed by atoms with Crippen LogP contribution in [0.3, 0.4) is 0 Å². The van der Waals surface area contributed by atoms with E-state index >= 15 is 0 Å². The molecule has 138 valence electrons. The Morgan fingerprint density at radius 3 is 2.64 bits per heavy atom. The third-order valence-corrected chi connectivity index (χ3v) is 4.96. The average molecular weight is 353 g/mol. The van der Waals surface area contributed by atoms with Gasteiger partial charge >= 0.3 is 5.97 Å². The second kappa shape index (κ2) is 7.38. The van der Waals surface area contributed by atoms with E-state index in [1.807, 2.05) is 42.2 Å². The summed E-state index contributed by atoms with van der Waals surface area (Å²) in [4.78, 5) is 14.2. The number of halogens is 2. The van der Waals surface area contributed by atoms with Crippen molar-refractivity contribution in [2.24, 2.45) is 5.41 Å². The lowest BCUT2D eigenvalue weighted by Crippen LogP contribution is -2.47. The maximum Gasteiger partial charge on any atom is 0.323 e. The summed E-state index contributed by atoms with van der Waals surface area (Å²) in [5, 5.41) is 0. The van der Waals surface area contributed by atoms with E-state index in [1.165, 1.54) is 0 Å². The summed E-state index contributed by atoms with van der Waals surface area (Å²) in [5.41, 5.74) is 0.562. The smallest absolute Gasteiger partial charge is 0.323 e. The van der Waals surface area contributed by atoms with E-state index in [1.54, 1.807) is 0 Å². The van der Waals surface area contributed by atoms with Crippen LogP contribution in [-0.2, 0) is 20.9 Å².